The van der Waals surface area contributed by atoms with Crippen LogP contribution in [0, 0.1) is 11.7 Å². The second-order valence-electron chi connectivity index (χ2n) is 7.40. The number of halogens is 1. The largest absolute Gasteiger partial charge is 0.381 e. The van der Waals surface area contributed by atoms with Crippen LogP contribution in [0.25, 0.3) is 11.1 Å². The lowest BCUT2D eigenvalue weighted by atomic mass is 10.0. The van der Waals surface area contributed by atoms with Crippen LogP contribution in [0.4, 0.5) is 4.39 Å². The Bertz CT molecular complexity index is 913. The number of hydrogen-bond acceptors (Lipinski definition) is 4. The van der Waals surface area contributed by atoms with E-state index < -0.39 is 11.7 Å². The van der Waals surface area contributed by atoms with Crippen molar-refractivity contribution in [2.45, 2.75) is 25.0 Å². The van der Waals surface area contributed by atoms with Gasteiger partial charge < -0.3 is 15.0 Å². The molecule has 1 N–H and O–H groups in total. The Morgan fingerprint density at radius 1 is 1.36 bits per heavy atom. The molecule has 28 heavy (non-hydrogen) atoms. The molecule has 1 aliphatic heterocycles. The van der Waals surface area contributed by atoms with Crippen LogP contribution < -0.4 is 5.32 Å². The molecule has 1 aromatic heterocycles. The summed E-state index contributed by atoms with van der Waals surface area (Å²) in [5.41, 5.74) is 1.52. The van der Waals surface area contributed by atoms with Crippen molar-refractivity contribution >= 4 is 11.8 Å². The number of carbonyl (C=O) groups excluding carboxylic acids is 2. The number of aryl methyl sites for hydroxylation is 1. The van der Waals surface area contributed by atoms with E-state index in [0.29, 0.717) is 13.1 Å². The lowest BCUT2D eigenvalue weighted by Crippen LogP contribution is -2.56. The van der Waals surface area contributed by atoms with Gasteiger partial charge in [-0.05, 0) is 30.5 Å². The fourth-order valence-electron chi connectivity index (χ4n) is 3.60. The third-order valence-electron chi connectivity index (χ3n) is 5.53. The van der Waals surface area contributed by atoms with E-state index in [0.717, 1.165) is 24.0 Å². The maximum atomic E-state index is 14.2. The number of methoxy groups -OCH3 is 1. The fourth-order valence-corrected chi connectivity index (χ4v) is 3.60. The quantitative estimate of drug-likeness (QED) is 0.818. The fraction of sp³-hybridized carbons (Fsp3) is 0.450. The van der Waals surface area contributed by atoms with Crippen molar-refractivity contribution < 1.29 is 18.7 Å². The van der Waals surface area contributed by atoms with Crippen LogP contribution in [-0.4, -0.2) is 58.8 Å². The molecule has 1 aromatic carbocycles. The average molecular weight is 386 g/mol. The first-order valence-corrected chi connectivity index (χ1v) is 9.38. The lowest BCUT2D eigenvalue weighted by molar-refractivity contribution is -0.141. The third-order valence-corrected chi connectivity index (χ3v) is 5.53. The number of nitrogens with zero attached hydrogens (tertiary/aromatic N) is 3. The Labute approximate surface area is 162 Å². The molecule has 4 rings (SSSR count). The smallest absolute Gasteiger partial charge is 0.254 e. The predicted molar refractivity (Wildman–Crippen MR) is 100.0 cm³/mol. The van der Waals surface area contributed by atoms with Crippen molar-refractivity contribution in [3.63, 3.8) is 0 Å². The van der Waals surface area contributed by atoms with Crippen LogP contribution in [-0.2, 0) is 16.6 Å². The van der Waals surface area contributed by atoms with Gasteiger partial charge in [0.25, 0.3) is 5.91 Å². The van der Waals surface area contributed by atoms with E-state index in [1.807, 2.05) is 0 Å². The molecule has 2 aromatic rings. The minimum Gasteiger partial charge on any atom is -0.381 e. The van der Waals surface area contributed by atoms with Gasteiger partial charge in [-0.15, -0.1) is 0 Å². The SMILES string of the molecule is CO[C@@H]1C[C@H]1C(=O)N1CCC1CNC(=O)c1cc(-c2cnn(C)c2)ccc1F. The summed E-state index contributed by atoms with van der Waals surface area (Å²) >= 11 is 0. The number of nitrogens with one attached hydrogen (secondary N) is 1. The van der Waals surface area contributed by atoms with Crippen molar-refractivity contribution in [1.82, 2.24) is 20.0 Å². The van der Waals surface area contributed by atoms with Gasteiger partial charge in [0.2, 0.25) is 5.91 Å². The van der Waals surface area contributed by atoms with Crippen LogP contribution >= 0.6 is 0 Å². The molecule has 1 unspecified atom stereocenters. The Morgan fingerprint density at radius 3 is 2.79 bits per heavy atom. The number of likely N-dealkylation sites (tertiary alicyclic amines) is 1. The van der Waals surface area contributed by atoms with E-state index >= 15 is 0 Å². The van der Waals surface area contributed by atoms with Gasteiger partial charge in [-0.25, -0.2) is 4.39 Å². The van der Waals surface area contributed by atoms with Crippen molar-refractivity contribution in [2.24, 2.45) is 13.0 Å². The maximum Gasteiger partial charge on any atom is 0.254 e. The number of amides is 2. The van der Waals surface area contributed by atoms with Gasteiger partial charge >= 0.3 is 0 Å². The number of aromatic nitrogens is 2. The highest BCUT2D eigenvalue weighted by molar-refractivity contribution is 5.95. The second kappa shape index (κ2) is 7.35. The molecule has 148 valence electrons. The molecule has 0 bridgehead atoms. The number of ether oxygens (including phenoxy) is 1. The van der Waals surface area contributed by atoms with Crippen LogP contribution in [0.3, 0.4) is 0 Å². The van der Waals surface area contributed by atoms with Crippen LogP contribution in [0.1, 0.15) is 23.2 Å². The van der Waals surface area contributed by atoms with Crippen LogP contribution in [0.2, 0.25) is 0 Å². The molecule has 2 amide bonds. The predicted octanol–water partition coefficient (Wildman–Crippen LogP) is 1.59. The van der Waals surface area contributed by atoms with Gasteiger partial charge in [0.1, 0.15) is 5.82 Å². The molecule has 2 fully saturated rings. The van der Waals surface area contributed by atoms with Gasteiger partial charge in [0.15, 0.2) is 0 Å². The molecule has 0 radical (unpaired) electrons. The second-order valence-corrected chi connectivity index (χ2v) is 7.40. The molecular weight excluding hydrogens is 363 g/mol. The molecule has 1 saturated heterocycles. The normalized spacial score (nSPS) is 23.2. The average Bonchev–Trinajstić information content (AvgIpc) is 3.33. The first kappa shape index (κ1) is 18.6. The van der Waals surface area contributed by atoms with Crippen molar-refractivity contribution in [3.8, 4) is 11.1 Å². The Kier molecular flexibility index (Phi) is 4.89. The van der Waals surface area contributed by atoms with Crippen molar-refractivity contribution in [3.05, 3.63) is 42.0 Å². The van der Waals surface area contributed by atoms with Gasteiger partial charge in [-0.2, -0.15) is 5.10 Å². The number of carbonyl (C=O) groups is 2. The molecule has 8 heteroatoms. The topological polar surface area (TPSA) is 76.5 Å². The summed E-state index contributed by atoms with van der Waals surface area (Å²) in [4.78, 5) is 26.7. The molecule has 0 spiro atoms. The molecular formula is C20H23FN4O3. The van der Waals surface area contributed by atoms with E-state index in [4.69, 9.17) is 4.74 Å². The Hall–Kier alpha value is -2.74. The number of benzene rings is 1. The van der Waals surface area contributed by atoms with Crippen LogP contribution in [0.5, 0.6) is 0 Å². The lowest BCUT2D eigenvalue weighted by Gasteiger charge is -2.41. The van der Waals surface area contributed by atoms with Gasteiger partial charge in [-0.1, -0.05) is 6.07 Å². The summed E-state index contributed by atoms with van der Waals surface area (Å²) in [6.45, 7) is 1.00. The van der Waals surface area contributed by atoms with Gasteiger partial charge in [-0.3, -0.25) is 14.3 Å². The van der Waals surface area contributed by atoms with E-state index in [1.165, 1.54) is 12.1 Å². The highest BCUT2D eigenvalue weighted by Gasteiger charge is 2.48. The summed E-state index contributed by atoms with van der Waals surface area (Å²) in [5.74, 6) is -1.03. The van der Waals surface area contributed by atoms with E-state index in [2.05, 4.69) is 10.4 Å². The van der Waals surface area contributed by atoms with Crippen LogP contribution in [0.15, 0.2) is 30.6 Å². The zero-order chi connectivity index (χ0) is 19.8. The zero-order valence-electron chi connectivity index (χ0n) is 15.9. The summed E-state index contributed by atoms with van der Waals surface area (Å²) in [7, 11) is 3.41. The minimum atomic E-state index is -0.576. The summed E-state index contributed by atoms with van der Waals surface area (Å²) in [5, 5.41) is 6.87. The number of hydrogen-bond donors (Lipinski definition) is 1. The van der Waals surface area contributed by atoms with E-state index in [-0.39, 0.29) is 29.5 Å². The molecule has 1 aliphatic carbocycles. The molecule has 7 nitrogen and oxygen atoms in total. The zero-order valence-corrected chi connectivity index (χ0v) is 15.9. The third kappa shape index (κ3) is 3.52. The molecule has 3 atom stereocenters. The van der Waals surface area contributed by atoms with Crippen molar-refractivity contribution in [2.75, 3.05) is 20.2 Å². The highest BCUT2D eigenvalue weighted by Crippen LogP contribution is 2.37. The standard InChI is InChI=1S/C20H23FN4O3/c1-24-11-13(9-23-24)12-3-4-17(21)15(7-12)19(26)22-10-14-5-6-25(14)20(27)16-8-18(16)28-2/h3-4,7,9,11,14,16,18H,5-6,8,10H2,1-2H3,(H,22,26)/t14?,16-,18-/m1/s1. The van der Waals surface area contributed by atoms with Gasteiger partial charge in [0.05, 0.1) is 29.8 Å². The monoisotopic (exact) mass is 386 g/mol. The minimum absolute atomic E-state index is 0.0137. The molecule has 2 heterocycles. The Morgan fingerprint density at radius 2 is 2.18 bits per heavy atom. The van der Waals surface area contributed by atoms with E-state index in [1.54, 1.807) is 42.2 Å². The first-order valence-electron chi connectivity index (χ1n) is 9.38. The first-order chi connectivity index (χ1) is 13.5. The summed E-state index contributed by atoms with van der Waals surface area (Å²) < 4.78 is 21.1. The van der Waals surface area contributed by atoms with Crippen molar-refractivity contribution in [1.29, 1.82) is 0 Å². The molecule has 2 aliphatic rings. The highest BCUT2D eigenvalue weighted by atomic mass is 19.1. The molecule has 1 saturated carbocycles. The Balaban J connectivity index is 1.38. The summed E-state index contributed by atoms with van der Waals surface area (Å²) in [6, 6.07) is 4.39. The number of rotatable bonds is 6. The maximum absolute atomic E-state index is 14.2. The summed E-state index contributed by atoms with van der Waals surface area (Å²) in [6.07, 6.45) is 5.08. The van der Waals surface area contributed by atoms with E-state index in [9.17, 15) is 14.0 Å². The van der Waals surface area contributed by atoms with Gasteiger partial charge in [0, 0.05) is 39.0 Å².